The third-order valence-electron chi connectivity index (χ3n) is 3.20. The van der Waals surface area contributed by atoms with Gasteiger partial charge in [0.1, 0.15) is 11.6 Å². The van der Waals surface area contributed by atoms with Gasteiger partial charge in [-0.1, -0.05) is 0 Å². The summed E-state index contributed by atoms with van der Waals surface area (Å²) < 4.78 is 9.11. The fraction of sp³-hybridized carbons (Fsp3) is 0.286. The minimum atomic E-state index is 0.528. The van der Waals surface area contributed by atoms with Crippen LogP contribution in [-0.2, 0) is 13.5 Å². The van der Waals surface area contributed by atoms with E-state index in [9.17, 15) is 0 Å². The minimum Gasteiger partial charge on any atom is -0.497 e. The standard InChI is InChI=1S/C14H15ClN4O/c1-18-9-10(8-16-18)19-13-4-3-11(20-2)7-12(13)17-14(19)5-6-15/h3-4,7-9H,5-6H2,1-2H3. The number of nitrogens with zero attached hydrogens (tertiary/aromatic N) is 4. The van der Waals surface area contributed by atoms with Crippen LogP contribution in [0.15, 0.2) is 30.6 Å². The molecule has 104 valence electrons. The molecule has 2 heterocycles. The second-order valence-electron chi connectivity index (χ2n) is 4.53. The summed E-state index contributed by atoms with van der Waals surface area (Å²) >= 11 is 5.89. The number of aryl methyl sites for hydroxylation is 2. The van der Waals surface area contributed by atoms with Gasteiger partial charge in [0.05, 0.1) is 30.0 Å². The van der Waals surface area contributed by atoms with Gasteiger partial charge < -0.3 is 4.74 Å². The Kier molecular flexibility index (Phi) is 3.36. The first kappa shape index (κ1) is 13.0. The maximum atomic E-state index is 5.89. The molecule has 0 saturated carbocycles. The highest BCUT2D eigenvalue weighted by Crippen LogP contribution is 2.25. The molecule has 1 aromatic carbocycles. The van der Waals surface area contributed by atoms with Crippen LogP contribution in [0.1, 0.15) is 5.82 Å². The van der Waals surface area contributed by atoms with Crippen LogP contribution in [0.2, 0.25) is 0 Å². The van der Waals surface area contributed by atoms with Crippen LogP contribution in [0.3, 0.4) is 0 Å². The number of ether oxygens (including phenoxy) is 1. The van der Waals surface area contributed by atoms with Crippen molar-refractivity contribution in [3.63, 3.8) is 0 Å². The van der Waals surface area contributed by atoms with Crippen molar-refractivity contribution in [2.24, 2.45) is 7.05 Å². The Labute approximate surface area is 121 Å². The zero-order valence-corrected chi connectivity index (χ0v) is 12.1. The monoisotopic (exact) mass is 290 g/mol. The summed E-state index contributed by atoms with van der Waals surface area (Å²) in [5.41, 5.74) is 2.91. The van der Waals surface area contributed by atoms with E-state index < -0.39 is 0 Å². The SMILES string of the molecule is COc1ccc2c(c1)nc(CCCl)n2-c1cnn(C)c1. The molecule has 3 aromatic rings. The number of hydrogen-bond acceptors (Lipinski definition) is 3. The van der Waals surface area contributed by atoms with Gasteiger partial charge in [0, 0.05) is 31.6 Å². The average Bonchev–Trinajstić information content (AvgIpc) is 3.01. The molecule has 0 radical (unpaired) electrons. The minimum absolute atomic E-state index is 0.528. The average molecular weight is 291 g/mol. The number of imidazole rings is 1. The topological polar surface area (TPSA) is 44.9 Å². The predicted octanol–water partition coefficient (Wildman–Crippen LogP) is 2.55. The fourth-order valence-corrected chi connectivity index (χ4v) is 2.47. The number of benzene rings is 1. The Balaban J connectivity index is 2.23. The summed E-state index contributed by atoms with van der Waals surface area (Å²) in [5.74, 6) is 2.25. The normalized spacial score (nSPS) is 11.2. The molecule has 0 N–H and O–H groups in total. The lowest BCUT2D eigenvalue weighted by Crippen LogP contribution is -2.01. The van der Waals surface area contributed by atoms with E-state index in [1.807, 2.05) is 37.6 Å². The first-order chi connectivity index (χ1) is 9.72. The number of fused-ring (bicyclic) bond motifs is 1. The second-order valence-corrected chi connectivity index (χ2v) is 4.91. The van der Waals surface area contributed by atoms with Crippen LogP contribution in [-0.4, -0.2) is 32.3 Å². The lowest BCUT2D eigenvalue weighted by Gasteiger charge is -2.05. The van der Waals surface area contributed by atoms with Gasteiger partial charge in [0.25, 0.3) is 0 Å². The molecule has 6 heteroatoms. The second kappa shape index (κ2) is 5.17. The molecular weight excluding hydrogens is 276 g/mol. The molecule has 3 rings (SSSR count). The van der Waals surface area contributed by atoms with Crippen LogP contribution in [0.4, 0.5) is 0 Å². The summed E-state index contributed by atoms with van der Waals surface area (Å²) in [7, 11) is 3.55. The molecule has 20 heavy (non-hydrogen) atoms. The smallest absolute Gasteiger partial charge is 0.121 e. The van der Waals surface area contributed by atoms with E-state index in [2.05, 4.69) is 14.6 Å². The summed E-state index contributed by atoms with van der Waals surface area (Å²) in [6.07, 6.45) is 4.49. The summed E-state index contributed by atoms with van der Waals surface area (Å²) in [5, 5.41) is 4.22. The number of alkyl halides is 1. The van der Waals surface area contributed by atoms with E-state index >= 15 is 0 Å². The summed E-state index contributed by atoms with van der Waals surface area (Å²) in [6.45, 7) is 0. The first-order valence-corrected chi connectivity index (χ1v) is 6.86. The van der Waals surface area contributed by atoms with Crippen molar-refractivity contribution < 1.29 is 4.74 Å². The number of aromatic nitrogens is 4. The maximum Gasteiger partial charge on any atom is 0.121 e. The van der Waals surface area contributed by atoms with E-state index in [0.29, 0.717) is 12.3 Å². The first-order valence-electron chi connectivity index (χ1n) is 6.33. The molecule has 0 spiro atoms. The van der Waals surface area contributed by atoms with Gasteiger partial charge in [-0.25, -0.2) is 4.98 Å². The van der Waals surface area contributed by atoms with Crippen LogP contribution in [0.5, 0.6) is 5.75 Å². The summed E-state index contributed by atoms with van der Waals surface area (Å²) in [4.78, 5) is 4.66. The van der Waals surface area contributed by atoms with Crippen LogP contribution >= 0.6 is 11.6 Å². The van der Waals surface area contributed by atoms with E-state index in [1.165, 1.54) is 0 Å². The van der Waals surface area contributed by atoms with Gasteiger partial charge in [-0.2, -0.15) is 5.10 Å². The van der Waals surface area contributed by atoms with Gasteiger partial charge in [-0.3, -0.25) is 9.25 Å². The molecule has 0 aliphatic heterocycles. The third-order valence-corrected chi connectivity index (χ3v) is 3.39. The van der Waals surface area contributed by atoms with Crippen molar-refractivity contribution in [2.75, 3.05) is 13.0 Å². The molecule has 0 fully saturated rings. The Morgan fingerprint density at radius 3 is 2.85 bits per heavy atom. The predicted molar refractivity (Wildman–Crippen MR) is 78.8 cm³/mol. The molecule has 0 unspecified atom stereocenters. The van der Waals surface area contributed by atoms with E-state index in [-0.39, 0.29) is 0 Å². The van der Waals surface area contributed by atoms with Crippen molar-refractivity contribution in [1.29, 1.82) is 0 Å². The largest absolute Gasteiger partial charge is 0.497 e. The molecule has 5 nitrogen and oxygen atoms in total. The molecular formula is C14H15ClN4O. The van der Waals surface area contributed by atoms with Crippen molar-refractivity contribution in [3.05, 3.63) is 36.4 Å². The molecule has 0 aliphatic carbocycles. The highest BCUT2D eigenvalue weighted by atomic mass is 35.5. The Morgan fingerprint density at radius 1 is 1.35 bits per heavy atom. The number of halogens is 1. The molecule has 0 bridgehead atoms. The van der Waals surface area contributed by atoms with E-state index in [0.717, 1.165) is 28.3 Å². The van der Waals surface area contributed by atoms with Crippen LogP contribution in [0.25, 0.3) is 16.7 Å². The van der Waals surface area contributed by atoms with Gasteiger partial charge >= 0.3 is 0 Å². The zero-order chi connectivity index (χ0) is 14.1. The lowest BCUT2D eigenvalue weighted by atomic mass is 10.3. The van der Waals surface area contributed by atoms with Gasteiger partial charge in [0.2, 0.25) is 0 Å². The lowest BCUT2D eigenvalue weighted by molar-refractivity contribution is 0.415. The fourth-order valence-electron chi connectivity index (χ4n) is 2.30. The molecule has 2 aromatic heterocycles. The van der Waals surface area contributed by atoms with Crippen molar-refractivity contribution in [2.45, 2.75) is 6.42 Å². The Morgan fingerprint density at radius 2 is 2.20 bits per heavy atom. The van der Waals surface area contributed by atoms with Gasteiger partial charge in [0.15, 0.2) is 0 Å². The quantitative estimate of drug-likeness (QED) is 0.694. The molecule has 0 atom stereocenters. The Hall–Kier alpha value is -2.01. The van der Waals surface area contributed by atoms with E-state index in [1.54, 1.807) is 11.8 Å². The van der Waals surface area contributed by atoms with Crippen molar-refractivity contribution in [3.8, 4) is 11.4 Å². The highest BCUT2D eigenvalue weighted by Gasteiger charge is 2.13. The Bertz CT molecular complexity index is 747. The molecule has 0 aliphatic rings. The van der Waals surface area contributed by atoms with Crippen molar-refractivity contribution in [1.82, 2.24) is 19.3 Å². The van der Waals surface area contributed by atoms with E-state index in [4.69, 9.17) is 16.3 Å². The third kappa shape index (κ3) is 2.14. The van der Waals surface area contributed by atoms with Crippen molar-refractivity contribution >= 4 is 22.6 Å². The summed E-state index contributed by atoms with van der Waals surface area (Å²) in [6, 6.07) is 5.87. The molecule has 0 amide bonds. The number of methoxy groups -OCH3 is 1. The highest BCUT2D eigenvalue weighted by molar-refractivity contribution is 6.17. The zero-order valence-electron chi connectivity index (χ0n) is 11.4. The van der Waals surface area contributed by atoms with Crippen LogP contribution < -0.4 is 4.74 Å². The number of rotatable bonds is 4. The van der Waals surface area contributed by atoms with Crippen LogP contribution in [0, 0.1) is 0 Å². The van der Waals surface area contributed by atoms with Gasteiger partial charge in [-0.15, -0.1) is 11.6 Å². The van der Waals surface area contributed by atoms with Gasteiger partial charge in [-0.05, 0) is 12.1 Å². The maximum absolute atomic E-state index is 5.89. The molecule has 0 saturated heterocycles. The number of hydrogen-bond donors (Lipinski definition) is 0.